The van der Waals surface area contributed by atoms with Gasteiger partial charge in [-0.15, -0.1) is 0 Å². The zero-order valence-corrected chi connectivity index (χ0v) is 10.8. The highest BCUT2D eigenvalue weighted by atomic mass is 32.1. The molecular formula is C12H15N3OS. The molecule has 3 heterocycles. The summed E-state index contributed by atoms with van der Waals surface area (Å²) in [6.45, 7) is 5.69. The van der Waals surface area contributed by atoms with E-state index < -0.39 is 0 Å². The Labute approximate surface area is 105 Å². The van der Waals surface area contributed by atoms with Crippen LogP contribution in [0.2, 0.25) is 0 Å². The van der Waals surface area contributed by atoms with Crippen LogP contribution < -0.4 is 0 Å². The topological polar surface area (TPSA) is 42.8 Å². The van der Waals surface area contributed by atoms with E-state index in [9.17, 15) is 0 Å². The summed E-state index contributed by atoms with van der Waals surface area (Å²) in [5.74, 6) is 0. The molecule has 4 nitrogen and oxygen atoms in total. The van der Waals surface area contributed by atoms with Crippen molar-refractivity contribution in [1.29, 1.82) is 0 Å². The number of nitrogens with one attached hydrogen (secondary N) is 1. The summed E-state index contributed by atoms with van der Waals surface area (Å²) in [6.07, 6.45) is 2.85. The molecule has 2 aromatic rings. The SMILES string of the molecule is Cc1cnc2c(c1)[nH]c(=S)n2C1(C)CCOC1. The minimum atomic E-state index is -0.0718. The Bertz CT molecular complexity index is 622. The predicted molar refractivity (Wildman–Crippen MR) is 68.7 cm³/mol. The number of nitrogens with zero attached hydrogens (tertiary/aromatic N) is 2. The highest BCUT2D eigenvalue weighted by Gasteiger charge is 2.33. The van der Waals surface area contributed by atoms with Gasteiger partial charge in [-0.25, -0.2) is 4.98 Å². The van der Waals surface area contributed by atoms with Crippen molar-refractivity contribution in [2.75, 3.05) is 13.2 Å². The molecule has 1 aliphatic heterocycles. The summed E-state index contributed by atoms with van der Waals surface area (Å²) < 4.78 is 8.33. The Hall–Kier alpha value is -1.20. The number of hydrogen-bond donors (Lipinski definition) is 1. The summed E-state index contributed by atoms with van der Waals surface area (Å²) in [4.78, 5) is 7.73. The first-order chi connectivity index (χ1) is 8.10. The molecule has 2 aromatic heterocycles. The second-order valence-electron chi connectivity index (χ2n) is 4.95. The summed E-state index contributed by atoms with van der Waals surface area (Å²) in [5.41, 5.74) is 2.99. The lowest BCUT2D eigenvalue weighted by molar-refractivity contribution is 0.162. The molecule has 1 aliphatic rings. The Morgan fingerprint density at radius 3 is 3.12 bits per heavy atom. The largest absolute Gasteiger partial charge is 0.379 e. The van der Waals surface area contributed by atoms with Crippen molar-refractivity contribution in [3.8, 4) is 0 Å². The van der Waals surface area contributed by atoms with Gasteiger partial charge in [0.25, 0.3) is 0 Å². The molecule has 0 aromatic carbocycles. The minimum Gasteiger partial charge on any atom is -0.379 e. The van der Waals surface area contributed by atoms with Crippen LogP contribution in [0.3, 0.4) is 0 Å². The van der Waals surface area contributed by atoms with Gasteiger partial charge in [0.2, 0.25) is 0 Å². The van der Waals surface area contributed by atoms with E-state index in [1.165, 1.54) is 0 Å². The first-order valence-corrected chi connectivity index (χ1v) is 6.17. The highest BCUT2D eigenvalue weighted by Crippen LogP contribution is 2.30. The Morgan fingerprint density at radius 2 is 2.41 bits per heavy atom. The number of rotatable bonds is 1. The third-order valence-corrected chi connectivity index (χ3v) is 3.68. The van der Waals surface area contributed by atoms with Crippen LogP contribution in [0.15, 0.2) is 12.3 Å². The molecule has 90 valence electrons. The van der Waals surface area contributed by atoms with Crippen LogP contribution in [-0.4, -0.2) is 27.7 Å². The Morgan fingerprint density at radius 1 is 1.59 bits per heavy atom. The molecular weight excluding hydrogens is 234 g/mol. The number of aromatic nitrogens is 3. The first kappa shape index (κ1) is 10.9. The summed E-state index contributed by atoms with van der Waals surface area (Å²) >= 11 is 5.42. The van der Waals surface area contributed by atoms with E-state index in [0.29, 0.717) is 6.61 Å². The van der Waals surface area contributed by atoms with E-state index in [-0.39, 0.29) is 5.54 Å². The predicted octanol–water partition coefficient (Wildman–Crippen LogP) is 2.54. The van der Waals surface area contributed by atoms with E-state index in [2.05, 4.69) is 27.5 Å². The molecule has 1 N–H and O–H groups in total. The average molecular weight is 249 g/mol. The number of fused-ring (bicyclic) bond motifs is 1. The Kier molecular flexibility index (Phi) is 2.34. The number of H-pyrrole nitrogens is 1. The Balaban J connectivity index is 2.29. The molecule has 1 fully saturated rings. The van der Waals surface area contributed by atoms with Crippen molar-refractivity contribution in [3.05, 3.63) is 22.6 Å². The van der Waals surface area contributed by atoms with Gasteiger partial charge in [0.05, 0.1) is 17.7 Å². The molecule has 17 heavy (non-hydrogen) atoms. The van der Waals surface area contributed by atoms with Gasteiger partial charge < -0.3 is 9.72 Å². The maximum absolute atomic E-state index is 5.50. The normalized spacial score (nSPS) is 24.6. The minimum absolute atomic E-state index is 0.0718. The van der Waals surface area contributed by atoms with Gasteiger partial charge in [-0.2, -0.15) is 0 Å². The smallest absolute Gasteiger partial charge is 0.179 e. The van der Waals surface area contributed by atoms with Crippen LogP contribution >= 0.6 is 12.2 Å². The van der Waals surface area contributed by atoms with E-state index >= 15 is 0 Å². The molecule has 1 atom stereocenters. The van der Waals surface area contributed by atoms with Crippen LogP contribution in [0.4, 0.5) is 0 Å². The zero-order valence-electron chi connectivity index (χ0n) is 9.99. The molecule has 0 radical (unpaired) electrons. The van der Waals surface area contributed by atoms with Gasteiger partial charge in [-0.3, -0.25) is 4.57 Å². The van der Waals surface area contributed by atoms with Gasteiger partial charge in [0, 0.05) is 12.8 Å². The number of aromatic amines is 1. The number of ether oxygens (including phenoxy) is 1. The van der Waals surface area contributed by atoms with Crippen molar-refractivity contribution in [2.45, 2.75) is 25.8 Å². The van der Waals surface area contributed by atoms with Gasteiger partial charge >= 0.3 is 0 Å². The first-order valence-electron chi connectivity index (χ1n) is 5.76. The molecule has 0 spiro atoms. The van der Waals surface area contributed by atoms with E-state index in [0.717, 1.165) is 34.5 Å². The number of imidazole rings is 1. The van der Waals surface area contributed by atoms with Crippen molar-refractivity contribution >= 4 is 23.4 Å². The average Bonchev–Trinajstić information content (AvgIpc) is 2.81. The third kappa shape index (κ3) is 1.61. The van der Waals surface area contributed by atoms with Gasteiger partial charge in [-0.05, 0) is 44.1 Å². The van der Waals surface area contributed by atoms with Gasteiger partial charge in [-0.1, -0.05) is 0 Å². The van der Waals surface area contributed by atoms with Crippen LogP contribution in [0.25, 0.3) is 11.2 Å². The maximum Gasteiger partial charge on any atom is 0.179 e. The quantitative estimate of drug-likeness (QED) is 0.790. The number of hydrogen-bond acceptors (Lipinski definition) is 3. The lowest BCUT2D eigenvalue weighted by Gasteiger charge is -2.24. The molecule has 0 aliphatic carbocycles. The number of pyridine rings is 1. The summed E-state index contributed by atoms with van der Waals surface area (Å²) in [6, 6.07) is 2.08. The molecule has 0 amide bonds. The fourth-order valence-corrected chi connectivity index (χ4v) is 2.85. The fourth-order valence-electron chi connectivity index (χ4n) is 2.43. The summed E-state index contributed by atoms with van der Waals surface area (Å²) in [7, 11) is 0. The maximum atomic E-state index is 5.50. The standard InChI is InChI=1S/C12H15N3OS/c1-8-5-9-10(13-6-8)15(11(17)14-9)12(2)3-4-16-7-12/h5-6H,3-4,7H2,1-2H3,(H,14,17). The lowest BCUT2D eigenvalue weighted by Crippen LogP contribution is -2.30. The molecule has 0 saturated carbocycles. The van der Waals surface area contributed by atoms with Crippen molar-refractivity contribution < 1.29 is 4.74 Å². The molecule has 3 rings (SSSR count). The van der Waals surface area contributed by atoms with E-state index in [1.807, 2.05) is 13.1 Å². The molecule has 1 saturated heterocycles. The van der Waals surface area contributed by atoms with Crippen LogP contribution in [0.5, 0.6) is 0 Å². The molecule has 0 bridgehead atoms. The van der Waals surface area contributed by atoms with Gasteiger partial charge in [0.15, 0.2) is 10.4 Å². The lowest BCUT2D eigenvalue weighted by atomic mass is 10.0. The van der Waals surface area contributed by atoms with E-state index in [1.54, 1.807) is 0 Å². The zero-order chi connectivity index (χ0) is 12.0. The summed E-state index contributed by atoms with van der Waals surface area (Å²) in [5, 5.41) is 0. The van der Waals surface area contributed by atoms with Crippen molar-refractivity contribution in [3.63, 3.8) is 0 Å². The molecule has 5 heteroatoms. The van der Waals surface area contributed by atoms with Gasteiger partial charge in [0.1, 0.15) is 0 Å². The second kappa shape index (κ2) is 3.65. The number of aryl methyl sites for hydroxylation is 1. The second-order valence-corrected chi connectivity index (χ2v) is 5.34. The van der Waals surface area contributed by atoms with Crippen LogP contribution in [0.1, 0.15) is 18.9 Å². The monoisotopic (exact) mass is 249 g/mol. The van der Waals surface area contributed by atoms with Crippen LogP contribution in [-0.2, 0) is 10.3 Å². The third-order valence-electron chi connectivity index (χ3n) is 3.40. The van der Waals surface area contributed by atoms with Crippen molar-refractivity contribution in [1.82, 2.24) is 14.5 Å². The van der Waals surface area contributed by atoms with Crippen molar-refractivity contribution in [2.24, 2.45) is 0 Å². The van der Waals surface area contributed by atoms with Crippen LogP contribution in [0, 0.1) is 11.7 Å². The highest BCUT2D eigenvalue weighted by molar-refractivity contribution is 7.71. The molecule has 1 unspecified atom stereocenters. The van der Waals surface area contributed by atoms with E-state index in [4.69, 9.17) is 17.0 Å². The fraction of sp³-hybridized carbons (Fsp3) is 0.500.